The van der Waals surface area contributed by atoms with Gasteiger partial charge in [-0.05, 0) is 25.0 Å². The quantitative estimate of drug-likeness (QED) is 0.717. The third-order valence-corrected chi connectivity index (χ3v) is 4.87. The molecule has 27 heavy (non-hydrogen) atoms. The second kappa shape index (κ2) is 7.95. The Bertz CT molecular complexity index is 693. The summed E-state index contributed by atoms with van der Waals surface area (Å²) in [4.78, 5) is 0. The van der Waals surface area contributed by atoms with E-state index in [1.165, 1.54) is 0 Å². The number of hydrogen-bond acceptors (Lipinski definition) is 4. The Morgan fingerprint density at radius 2 is 1.11 bits per heavy atom. The van der Waals surface area contributed by atoms with Crippen molar-refractivity contribution in [3.63, 3.8) is 0 Å². The minimum atomic E-state index is -0.649. The summed E-state index contributed by atoms with van der Waals surface area (Å²) in [6.45, 7) is 4.96. The predicted molar refractivity (Wildman–Crippen MR) is 103 cm³/mol. The molecule has 1 saturated heterocycles. The fraction of sp³-hybridized carbons (Fsp3) is 0.391. The summed E-state index contributed by atoms with van der Waals surface area (Å²) in [5.74, 6) is -0.649. The lowest BCUT2D eigenvalue weighted by molar-refractivity contribution is -0.160. The van der Waals surface area contributed by atoms with Crippen LogP contribution >= 0.6 is 0 Å². The van der Waals surface area contributed by atoms with E-state index in [9.17, 15) is 0 Å². The number of ether oxygens (including phenoxy) is 4. The predicted octanol–water partition coefficient (Wildman–Crippen LogP) is 4.25. The molecule has 2 aromatic carbocycles. The summed E-state index contributed by atoms with van der Waals surface area (Å²) in [5.41, 5.74) is 2.28. The highest BCUT2D eigenvalue weighted by molar-refractivity contribution is 5.17. The van der Waals surface area contributed by atoms with Crippen molar-refractivity contribution in [1.82, 2.24) is 0 Å². The van der Waals surface area contributed by atoms with E-state index >= 15 is 0 Å². The van der Waals surface area contributed by atoms with Crippen LogP contribution in [0.4, 0.5) is 0 Å². The topological polar surface area (TPSA) is 36.9 Å². The van der Waals surface area contributed by atoms with Crippen LogP contribution in [0, 0.1) is 0 Å². The van der Waals surface area contributed by atoms with Gasteiger partial charge in [0.25, 0.3) is 0 Å². The van der Waals surface area contributed by atoms with Crippen LogP contribution in [0.2, 0.25) is 0 Å². The Hall–Kier alpha value is -1.98. The summed E-state index contributed by atoms with van der Waals surface area (Å²) in [5, 5.41) is 0. The maximum absolute atomic E-state index is 6.16. The molecule has 0 bridgehead atoms. The molecule has 142 valence electrons. The van der Waals surface area contributed by atoms with Gasteiger partial charge in [-0.1, -0.05) is 72.8 Å². The molecule has 0 N–H and O–H groups in total. The van der Waals surface area contributed by atoms with Gasteiger partial charge in [0.2, 0.25) is 0 Å². The molecule has 0 radical (unpaired) electrons. The van der Waals surface area contributed by atoms with E-state index in [2.05, 4.69) is 24.3 Å². The largest absolute Gasteiger partial charge is 0.367 e. The van der Waals surface area contributed by atoms with E-state index in [1.807, 2.05) is 62.4 Å². The van der Waals surface area contributed by atoms with Gasteiger partial charge in [0.05, 0.1) is 13.2 Å². The maximum Gasteiger partial charge on any atom is 0.164 e. The van der Waals surface area contributed by atoms with E-state index in [-0.39, 0.29) is 24.4 Å². The van der Waals surface area contributed by atoms with Gasteiger partial charge < -0.3 is 18.9 Å². The Morgan fingerprint density at radius 3 is 1.52 bits per heavy atom. The molecule has 0 saturated carbocycles. The zero-order chi connectivity index (χ0) is 18.7. The minimum Gasteiger partial charge on any atom is -0.367 e. The molecule has 2 aliphatic rings. The van der Waals surface area contributed by atoms with Crippen LogP contribution in [-0.4, -0.2) is 30.2 Å². The first-order valence-electron chi connectivity index (χ1n) is 9.46. The lowest BCUT2D eigenvalue weighted by Gasteiger charge is -2.32. The van der Waals surface area contributed by atoms with Gasteiger partial charge in [-0.2, -0.15) is 0 Å². The van der Waals surface area contributed by atoms with E-state index < -0.39 is 5.79 Å². The molecular formula is C23H26O4. The second-order valence-corrected chi connectivity index (χ2v) is 7.47. The molecule has 1 aliphatic carbocycles. The first kappa shape index (κ1) is 18.4. The number of hydrogen-bond donors (Lipinski definition) is 0. The molecule has 4 rings (SSSR count). The summed E-state index contributed by atoms with van der Waals surface area (Å²) in [7, 11) is 0. The smallest absolute Gasteiger partial charge is 0.164 e. The van der Waals surface area contributed by atoms with Crippen molar-refractivity contribution < 1.29 is 18.9 Å². The summed E-state index contributed by atoms with van der Waals surface area (Å²) in [6.07, 6.45) is 3.40. The van der Waals surface area contributed by atoms with Gasteiger partial charge in [0.1, 0.15) is 24.4 Å². The van der Waals surface area contributed by atoms with Crippen molar-refractivity contribution >= 4 is 0 Å². The monoisotopic (exact) mass is 366 g/mol. The molecule has 2 aromatic rings. The molecule has 4 nitrogen and oxygen atoms in total. The Labute approximate surface area is 160 Å². The highest BCUT2D eigenvalue weighted by Crippen LogP contribution is 2.37. The summed E-state index contributed by atoms with van der Waals surface area (Å²) >= 11 is 0. The highest BCUT2D eigenvalue weighted by Gasteiger charge is 2.50. The van der Waals surface area contributed by atoms with Gasteiger partial charge in [-0.3, -0.25) is 0 Å². The van der Waals surface area contributed by atoms with Gasteiger partial charge in [0, 0.05) is 0 Å². The van der Waals surface area contributed by atoms with Crippen LogP contribution < -0.4 is 0 Å². The van der Waals surface area contributed by atoms with Crippen molar-refractivity contribution in [3.05, 3.63) is 83.9 Å². The van der Waals surface area contributed by atoms with E-state index in [4.69, 9.17) is 18.9 Å². The molecular weight excluding hydrogens is 340 g/mol. The lowest BCUT2D eigenvalue weighted by Crippen LogP contribution is -2.46. The van der Waals surface area contributed by atoms with Crippen LogP contribution in [0.15, 0.2) is 72.8 Å². The fourth-order valence-electron chi connectivity index (χ4n) is 3.60. The van der Waals surface area contributed by atoms with Gasteiger partial charge in [0.15, 0.2) is 5.79 Å². The molecule has 1 aliphatic heterocycles. The average Bonchev–Trinajstić information content (AvgIpc) is 3.02. The Balaban J connectivity index is 1.44. The van der Waals surface area contributed by atoms with Crippen LogP contribution in [0.5, 0.6) is 0 Å². The van der Waals surface area contributed by atoms with Crippen molar-refractivity contribution in [2.45, 2.75) is 57.3 Å². The third-order valence-electron chi connectivity index (χ3n) is 4.87. The van der Waals surface area contributed by atoms with Crippen LogP contribution in [0.25, 0.3) is 0 Å². The molecule has 0 amide bonds. The van der Waals surface area contributed by atoms with Gasteiger partial charge in [-0.25, -0.2) is 0 Å². The zero-order valence-corrected chi connectivity index (χ0v) is 15.8. The minimum absolute atomic E-state index is 0.159. The Morgan fingerprint density at radius 1 is 0.704 bits per heavy atom. The third kappa shape index (κ3) is 4.47. The average molecular weight is 366 g/mol. The molecule has 0 spiro atoms. The molecule has 4 atom stereocenters. The van der Waals surface area contributed by atoms with Crippen molar-refractivity contribution in [2.75, 3.05) is 0 Å². The van der Waals surface area contributed by atoms with Gasteiger partial charge >= 0.3 is 0 Å². The molecule has 1 heterocycles. The number of benzene rings is 2. The highest BCUT2D eigenvalue weighted by atomic mass is 16.8. The summed E-state index contributed by atoms with van der Waals surface area (Å²) < 4.78 is 24.6. The SMILES string of the molecule is CC1(C)O[C@@H]2[C@@H](O1)[C@H](OCc1ccccc1)C=C[C@H]2OCc1ccccc1. The normalized spacial score (nSPS) is 28.8. The fourth-order valence-corrected chi connectivity index (χ4v) is 3.60. The first-order chi connectivity index (χ1) is 13.1. The van der Waals surface area contributed by atoms with Crippen molar-refractivity contribution in [1.29, 1.82) is 0 Å². The van der Waals surface area contributed by atoms with Crippen LogP contribution in [0.1, 0.15) is 25.0 Å². The van der Waals surface area contributed by atoms with Crippen LogP contribution in [-0.2, 0) is 32.2 Å². The molecule has 0 aromatic heterocycles. The molecule has 4 heteroatoms. The van der Waals surface area contributed by atoms with Crippen molar-refractivity contribution in [3.8, 4) is 0 Å². The van der Waals surface area contributed by atoms with E-state index in [0.29, 0.717) is 13.2 Å². The zero-order valence-electron chi connectivity index (χ0n) is 15.8. The standard InChI is InChI=1S/C23H26O4/c1-23(2)26-21-19(24-15-17-9-5-3-6-10-17)13-14-20(22(21)27-23)25-16-18-11-7-4-8-12-18/h3-14,19-22H,15-16H2,1-2H3/t19-,20-,21+,22+/m1/s1. The maximum atomic E-state index is 6.16. The lowest BCUT2D eigenvalue weighted by atomic mass is 9.96. The van der Waals surface area contributed by atoms with Gasteiger partial charge in [-0.15, -0.1) is 0 Å². The first-order valence-corrected chi connectivity index (χ1v) is 9.46. The summed E-state index contributed by atoms with van der Waals surface area (Å²) in [6, 6.07) is 20.3. The molecule has 0 unspecified atom stereocenters. The van der Waals surface area contributed by atoms with E-state index in [0.717, 1.165) is 11.1 Å². The van der Waals surface area contributed by atoms with Crippen LogP contribution in [0.3, 0.4) is 0 Å². The van der Waals surface area contributed by atoms with E-state index in [1.54, 1.807) is 0 Å². The molecule has 1 fully saturated rings. The number of rotatable bonds is 6. The second-order valence-electron chi connectivity index (χ2n) is 7.47. The Kier molecular flexibility index (Phi) is 5.41. The van der Waals surface area contributed by atoms with Crippen molar-refractivity contribution in [2.24, 2.45) is 0 Å². The number of fused-ring (bicyclic) bond motifs is 1.